The maximum absolute atomic E-state index is 12.6. The van der Waals surface area contributed by atoms with E-state index in [1.165, 1.54) is 28.4 Å². The van der Waals surface area contributed by atoms with E-state index < -0.39 is 35.2 Å². The third-order valence-electron chi connectivity index (χ3n) is 4.96. The highest BCUT2D eigenvalue weighted by atomic mass is 35.5. The Hall–Kier alpha value is -2.61. The van der Waals surface area contributed by atoms with Crippen LogP contribution in [0.15, 0.2) is 36.0 Å². The molecule has 32 heavy (non-hydrogen) atoms. The van der Waals surface area contributed by atoms with Gasteiger partial charge in [-0.3, -0.25) is 19.2 Å². The van der Waals surface area contributed by atoms with Crippen LogP contribution in [0.4, 0.5) is 0 Å². The van der Waals surface area contributed by atoms with Crippen molar-refractivity contribution in [1.29, 1.82) is 0 Å². The van der Waals surface area contributed by atoms with Gasteiger partial charge in [0.1, 0.15) is 0 Å². The van der Waals surface area contributed by atoms with Crippen LogP contribution >= 0.6 is 11.6 Å². The number of ether oxygens (including phenoxy) is 4. The van der Waals surface area contributed by atoms with Gasteiger partial charge in [-0.1, -0.05) is 36.0 Å². The number of rotatable bonds is 14. The molecular formula is C23H33ClO8. The molecule has 0 rings (SSSR count). The zero-order chi connectivity index (χ0) is 24.6. The fourth-order valence-corrected chi connectivity index (χ4v) is 3.15. The molecule has 0 bridgehead atoms. The Morgan fingerprint density at radius 1 is 0.875 bits per heavy atom. The molecule has 0 aliphatic heterocycles. The fourth-order valence-electron chi connectivity index (χ4n) is 3.05. The summed E-state index contributed by atoms with van der Waals surface area (Å²) in [6.45, 7) is 1.84. The van der Waals surface area contributed by atoms with Crippen LogP contribution < -0.4 is 0 Å². The molecule has 0 aliphatic carbocycles. The second kappa shape index (κ2) is 16.1. The number of hydrogen-bond acceptors (Lipinski definition) is 8. The van der Waals surface area contributed by atoms with Crippen molar-refractivity contribution in [3.05, 3.63) is 36.0 Å². The Bertz CT molecular complexity index is 692. The summed E-state index contributed by atoms with van der Waals surface area (Å²) in [6, 6.07) is 0. The van der Waals surface area contributed by atoms with Gasteiger partial charge < -0.3 is 18.9 Å². The highest BCUT2D eigenvalue weighted by Gasteiger charge is 2.47. The molecule has 0 saturated carbocycles. The first-order chi connectivity index (χ1) is 15.2. The minimum absolute atomic E-state index is 0.0962. The van der Waals surface area contributed by atoms with Crippen molar-refractivity contribution >= 4 is 35.5 Å². The van der Waals surface area contributed by atoms with Gasteiger partial charge in [0, 0.05) is 5.88 Å². The molecule has 0 N–H and O–H groups in total. The van der Waals surface area contributed by atoms with E-state index in [1.54, 1.807) is 24.3 Å². The third kappa shape index (κ3) is 9.26. The summed E-state index contributed by atoms with van der Waals surface area (Å²) < 4.78 is 19.1. The standard InChI is InChI=1S/C23H33ClO8/c1-17(11-10-12-18(19(25)29-2)20(26)30-3)13-15-23(21(27)31-4,22(28)32-5)14-8-6-7-9-16-24/h6-9,11,18H,10,12-16H2,1-5H3/b8-6?,9-7+,17-11+. The first-order valence-electron chi connectivity index (χ1n) is 10.1. The van der Waals surface area contributed by atoms with E-state index in [9.17, 15) is 19.2 Å². The monoisotopic (exact) mass is 472 g/mol. The number of hydrogen-bond donors (Lipinski definition) is 0. The maximum Gasteiger partial charge on any atom is 0.323 e. The van der Waals surface area contributed by atoms with Crippen molar-refractivity contribution in [2.75, 3.05) is 34.3 Å². The molecule has 9 heteroatoms. The van der Waals surface area contributed by atoms with Crippen molar-refractivity contribution in [2.24, 2.45) is 11.3 Å². The van der Waals surface area contributed by atoms with Gasteiger partial charge in [0.15, 0.2) is 11.3 Å². The molecule has 0 amide bonds. The highest BCUT2D eigenvalue weighted by molar-refractivity contribution is 6.18. The summed E-state index contributed by atoms with van der Waals surface area (Å²) in [5.74, 6) is -3.34. The van der Waals surface area contributed by atoms with Crippen LogP contribution in [-0.2, 0) is 38.1 Å². The van der Waals surface area contributed by atoms with Crippen molar-refractivity contribution in [3.63, 3.8) is 0 Å². The Morgan fingerprint density at radius 3 is 1.88 bits per heavy atom. The quantitative estimate of drug-likeness (QED) is 0.0943. The number of carbonyl (C=O) groups is 4. The summed E-state index contributed by atoms with van der Waals surface area (Å²) in [6.07, 6.45) is 9.95. The number of esters is 4. The van der Waals surface area contributed by atoms with E-state index in [1.807, 2.05) is 13.0 Å². The minimum atomic E-state index is -1.50. The Balaban J connectivity index is 5.39. The molecule has 0 radical (unpaired) electrons. The largest absolute Gasteiger partial charge is 0.468 e. The number of methoxy groups -OCH3 is 4. The lowest BCUT2D eigenvalue weighted by molar-refractivity contribution is -0.169. The van der Waals surface area contributed by atoms with E-state index in [2.05, 4.69) is 9.47 Å². The van der Waals surface area contributed by atoms with Gasteiger partial charge in [-0.15, -0.1) is 11.6 Å². The second-order valence-corrected chi connectivity index (χ2v) is 7.32. The number of halogens is 1. The zero-order valence-corrected chi connectivity index (χ0v) is 20.1. The van der Waals surface area contributed by atoms with Crippen molar-refractivity contribution < 1.29 is 38.1 Å². The number of alkyl halides is 1. The average Bonchev–Trinajstić information content (AvgIpc) is 2.81. The van der Waals surface area contributed by atoms with Crippen LogP contribution in [0.5, 0.6) is 0 Å². The molecule has 0 aromatic carbocycles. The van der Waals surface area contributed by atoms with E-state index >= 15 is 0 Å². The summed E-state index contributed by atoms with van der Waals surface area (Å²) in [5.41, 5.74) is -0.619. The van der Waals surface area contributed by atoms with Crippen molar-refractivity contribution in [3.8, 4) is 0 Å². The third-order valence-corrected chi connectivity index (χ3v) is 5.13. The molecule has 0 fully saturated rings. The summed E-state index contributed by atoms with van der Waals surface area (Å²) in [4.78, 5) is 48.7. The summed E-state index contributed by atoms with van der Waals surface area (Å²) >= 11 is 5.59. The lowest BCUT2D eigenvalue weighted by atomic mass is 9.78. The molecule has 180 valence electrons. The Labute approximate surface area is 194 Å². The maximum atomic E-state index is 12.6. The fraction of sp³-hybridized carbons (Fsp3) is 0.565. The van der Waals surface area contributed by atoms with Crippen LogP contribution in [0.1, 0.15) is 39.0 Å². The highest BCUT2D eigenvalue weighted by Crippen LogP contribution is 2.34. The van der Waals surface area contributed by atoms with Crippen LogP contribution in [0.25, 0.3) is 0 Å². The SMILES string of the molecule is COC(=O)C(CC/C=C(\C)CCC(CC=C/C=C/CCl)(C(=O)OC)C(=O)OC)C(=O)OC. The van der Waals surface area contributed by atoms with E-state index in [4.69, 9.17) is 21.1 Å². The van der Waals surface area contributed by atoms with Gasteiger partial charge >= 0.3 is 23.9 Å². The van der Waals surface area contributed by atoms with Gasteiger partial charge in [-0.2, -0.15) is 0 Å². The molecular weight excluding hydrogens is 440 g/mol. The van der Waals surface area contributed by atoms with Crippen molar-refractivity contribution in [1.82, 2.24) is 0 Å². The minimum Gasteiger partial charge on any atom is -0.468 e. The zero-order valence-electron chi connectivity index (χ0n) is 19.4. The van der Waals surface area contributed by atoms with Crippen LogP contribution in [0, 0.1) is 11.3 Å². The number of allylic oxidation sites excluding steroid dienone is 6. The summed E-state index contributed by atoms with van der Waals surface area (Å²) in [7, 11) is 4.86. The molecule has 0 unspecified atom stereocenters. The van der Waals surface area contributed by atoms with Gasteiger partial charge in [0.05, 0.1) is 28.4 Å². The van der Waals surface area contributed by atoms with Crippen LogP contribution in [-0.4, -0.2) is 58.2 Å². The lowest BCUT2D eigenvalue weighted by Gasteiger charge is -2.27. The molecule has 0 spiro atoms. The first kappa shape index (κ1) is 29.4. The van der Waals surface area contributed by atoms with Crippen LogP contribution in [0.3, 0.4) is 0 Å². The molecule has 0 atom stereocenters. The van der Waals surface area contributed by atoms with Gasteiger partial charge in [0.25, 0.3) is 0 Å². The number of carbonyl (C=O) groups excluding carboxylic acids is 4. The Morgan fingerprint density at radius 2 is 1.41 bits per heavy atom. The second-order valence-electron chi connectivity index (χ2n) is 7.01. The van der Waals surface area contributed by atoms with Gasteiger partial charge in [-0.05, 0) is 39.0 Å². The molecule has 8 nitrogen and oxygen atoms in total. The van der Waals surface area contributed by atoms with Gasteiger partial charge in [-0.25, -0.2) is 0 Å². The topological polar surface area (TPSA) is 105 Å². The average molecular weight is 473 g/mol. The molecule has 0 saturated heterocycles. The molecule has 0 aromatic heterocycles. The van der Waals surface area contributed by atoms with Crippen molar-refractivity contribution in [2.45, 2.75) is 39.0 Å². The molecule has 0 aliphatic rings. The van der Waals surface area contributed by atoms with Gasteiger partial charge in [0.2, 0.25) is 0 Å². The predicted molar refractivity (Wildman–Crippen MR) is 120 cm³/mol. The summed E-state index contributed by atoms with van der Waals surface area (Å²) in [5, 5.41) is 0. The van der Waals surface area contributed by atoms with E-state index in [0.29, 0.717) is 18.7 Å². The lowest BCUT2D eigenvalue weighted by Crippen LogP contribution is -2.41. The van der Waals surface area contributed by atoms with E-state index in [-0.39, 0.29) is 19.3 Å². The van der Waals surface area contributed by atoms with E-state index in [0.717, 1.165) is 5.57 Å². The molecule has 0 aromatic rings. The molecule has 0 heterocycles. The smallest absolute Gasteiger partial charge is 0.323 e. The predicted octanol–water partition coefficient (Wildman–Crippen LogP) is 3.53. The first-order valence-corrected chi connectivity index (χ1v) is 10.6. The normalized spacial score (nSPS) is 12.3. The Kier molecular flexibility index (Phi) is 14.8. The van der Waals surface area contributed by atoms with Crippen LogP contribution in [0.2, 0.25) is 0 Å².